The van der Waals surface area contributed by atoms with Crippen LogP contribution in [0.3, 0.4) is 0 Å². The summed E-state index contributed by atoms with van der Waals surface area (Å²) in [6.07, 6.45) is 2.56. The minimum Gasteiger partial charge on any atom is -0.310 e. The normalized spacial score (nSPS) is 27.6. The third kappa shape index (κ3) is 2.28. The zero-order valence-corrected chi connectivity index (χ0v) is 9.22. The molecule has 1 aromatic carbocycles. The van der Waals surface area contributed by atoms with Crippen LogP contribution in [0.2, 0.25) is 5.02 Å². The number of nitrogens with one attached hydrogen (secondary N) is 1. The molecule has 14 heavy (non-hydrogen) atoms. The topological polar surface area (TPSA) is 12.0 Å². The van der Waals surface area contributed by atoms with Crippen LogP contribution in [0.25, 0.3) is 0 Å². The summed E-state index contributed by atoms with van der Waals surface area (Å²) in [6.45, 7) is 3.43. The first-order valence-electron chi connectivity index (χ1n) is 5.24. The minimum absolute atomic E-state index is 0.531. The molecule has 1 aromatic rings. The second-order valence-corrected chi connectivity index (χ2v) is 4.63. The van der Waals surface area contributed by atoms with E-state index in [0.29, 0.717) is 6.04 Å². The van der Waals surface area contributed by atoms with Crippen molar-refractivity contribution in [2.75, 3.05) is 6.54 Å². The summed E-state index contributed by atoms with van der Waals surface area (Å²) in [4.78, 5) is 0. The van der Waals surface area contributed by atoms with E-state index in [4.69, 9.17) is 11.6 Å². The molecule has 1 saturated heterocycles. The number of halogens is 1. The van der Waals surface area contributed by atoms with Crippen molar-refractivity contribution in [3.63, 3.8) is 0 Å². The molecule has 0 saturated carbocycles. The van der Waals surface area contributed by atoms with Crippen molar-refractivity contribution < 1.29 is 0 Å². The smallest absolute Gasteiger partial charge is 0.0406 e. The van der Waals surface area contributed by atoms with Crippen LogP contribution in [-0.2, 0) is 0 Å². The third-order valence-electron chi connectivity index (χ3n) is 2.93. The van der Waals surface area contributed by atoms with Crippen molar-refractivity contribution >= 4 is 11.6 Å². The van der Waals surface area contributed by atoms with Gasteiger partial charge in [-0.2, -0.15) is 0 Å². The summed E-state index contributed by atoms with van der Waals surface area (Å²) < 4.78 is 0. The monoisotopic (exact) mass is 209 g/mol. The molecule has 1 aliphatic heterocycles. The first-order valence-corrected chi connectivity index (χ1v) is 5.62. The Bertz CT molecular complexity index is 286. The summed E-state index contributed by atoms with van der Waals surface area (Å²) in [6, 6.07) is 8.71. The Morgan fingerprint density at radius 1 is 1.21 bits per heavy atom. The Kier molecular flexibility index (Phi) is 3.09. The van der Waals surface area contributed by atoms with Crippen LogP contribution in [0.1, 0.15) is 31.4 Å². The number of hydrogen-bond donors (Lipinski definition) is 1. The summed E-state index contributed by atoms with van der Waals surface area (Å²) >= 11 is 5.85. The molecule has 0 amide bonds. The van der Waals surface area contributed by atoms with E-state index in [1.807, 2.05) is 12.1 Å². The van der Waals surface area contributed by atoms with Gasteiger partial charge in [0.05, 0.1) is 0 Å². The Morgan fingerprint density at radius 3 is 2.50 bits per heavy atom. The molecule has 1 aliphatic rings. The average Bonchev–Trinajstić information content (AvgIpc) is 2.21. The van der Waals surface area contributed by atoms with Gasteiger partial charge in [0, 0.05) is 11.1 Å². The van der Waals surface area contributed by atoms with Crippen molar-refractivity contribution in [2.24, 2.45) is 5.92 Å². The Balaban J connectivity index is 2.05. The third-order valence-corrected chi connectivity index (χ3v) is 3.19. The molecule has 1 heterocycles. The van der Waals surface area contributed by atoms with E-state index in [0.717, 1.165) is 17.5 Å². The molecule has 1 fully saturated rings. The molecule has 2 rings (SSSR count). The fourth-order valence-corrected chi connectivity index (χ4v) is 2.10. The minimum atomic E-state index is 0.531. The maximum atomic E-state index is 5.85. The number of hydrogen-bond acceptors (Lipinski definition) is 1. The first kappa shape index (κ1) is 10.0. The molecular weight excluding hydrogens is 194 g/mol. The molecule has 0 bridgehead atoms. The quantitative estimate of drug-likeness (QED) is 0.748. The van der Waals surface area contributed by atoms with Gasteiger partial charge >= 0.3 is 0 Å². The van der Waals surface area contributed by atoms with Crippen molar-refractivity contribution in [2.45, 2.75) is 25.8 Å². The second kappa shape index (κ2) is 4.33. The molecule has 0 spiro atoms. The van der Waals surface area contributed by atoms with Gasteiger partial charge in [0.15, 0.2) is 0 Å². The molecule has 2 heteroatoms. The molecular formula is C12H16ClN. The van der Waals surface area contributed by atoms with Gasteiger partial charge in [0.2, 0.25) is 0 Å². The van der Waals surface area contributed by atoms with E-state index in [-0.39, 0.29) is 0 Å². The van der Waals surface area contributed by atoms with Crippen LogP contribution in [0, 0.1) is 5.92 Å². The van der Waals surface area contributed by atoms with Gasteiger partial charge < -0.3 is 5.32 Å². The lowest BCUT2D eigenvalue weighted by Crippen LogP contribution is -2.31. The molecule has 2 atom stereocenters. The molecule has 0 radical (unpaired) electrons. The largest absolute Gasteiger partial charge is 0.310 e. The van der Waals surface area contributed by atoms with E-state index >= 15 is 0 Å². The van der Waals surface area contributed by atoms with Gasteiger partial charge in [0.25, 0.3) is 0 Å². The van der Waals surface area contributed by atoms with Gasteiger partial charge in [-0.3, -0.25) is 0 Å². The van der Waals surface area contributed by atoms with Crippen molar-refractivity contribution in [3.8, 4) is 0 Å². The Labute approximate surface area is 90.5 Å². The lowest BCUT2D eigenvalue weighted by molar-refractivity contribution is 0.333. The summed E-state index contributed by atoms with van der Waals surface area (Å²) in [5.41, 5.74) is 1.36. The maximum absolute atomic E-state index is 5.85. The molecule has 76 valence electrons. The predicted molar refractivity (Wildman–Crippen MR) is 60.6 cm³/mol. The van der Waals surface area contributed by atoms with Gasteiger partial charge in [-0.15, -0.1) is 0 Å². The SMILES string of the molecule is C[C@@H]1CC[C@@H](c2ccc(Cl)cc2)NC1. The highest BCUT2D eigenvalue weighted by Gasteiger charge is 2.18. The highest BCUT2D eigenvalue weighted by atomic mass is 35.5. The van der Waals surface area contributed by atoms with Crippen LogP contribution in [0.5, 0.6) is 0 Å². The molecule has 0 unspecified atom stereocenters. The Hall–Kier alpha value is -0.530. The van der Waals surface area contributed by atoms with E-state index in [1.165, 1.54) is 18.4 Å². The lowest BCUT2D eigenvalue weighted by atomic mass is 9.92. The highest BCUT2D eigenvalue weighted by Crippen LogP contribution is 2.26. The summed E-state index contributed by atoms with van der Waals surface area (Å²) in [5, 5.41) is 4.38. The van der Waals surface area contributed by atoms with E-state index in [2.05, 4.69) is 24.4 Å². The van der Waals surface area contributed by atoms with Gasteiger partial charge in [-0.25, -0.2) is 0 Å². The van der Waals surface area contributed by atoms with Crippen LogP contribution >= 0.6 is 11.6 Å². The van der Waals surface area contributed by atoms with E-state index < -0.39 is 0 Å². The molecule has 1 N–H and O–H groups in total. The van der Waals surface area contributed by atoms with Crippen molar-refractivity contribution in [3.05, 3.63) is 34.9 Å². The van der Waals surface area contributed by atoms with Crippen LogP contribution < -0.4 is 5.32 Å². The van der Waals surface area contributed by atoms with Gasteiger partial charge in [-0.05, 0) is 43.0 Å². The van der Waals surface area contributed by atoms with Crippen LogP contribution in [0.15, 0.2) is 24.3 Å². The predicted octanol–water partition coefficient (Wildman–Crippen LogP) is 3.40. The average molecular weight is 210 g/mol. The van der Waals surface area contributed by atoms with E-state index in [1.54, 1.807) is 0 Å². The van der Waals surface area contributed by atoms with Crippen molar-refractivity contribution in [1.82, 2.24) is 5.32 Å². The molecule has 0 aromatic heterocycles. The van der Waals surface area contributed by atoms with Crippen LogP contribution in [0.4, 0.5) is 0 Å². The fourth-order valence-electron chi connectivity index (χ4n) is 1.98. The summed E-state index contributed by atoms with van der Waals surface area (Å²) in [5.74, 6) is 0.818. The standard InChI is InChI=1S/C12H16ClN/c1-9-2-7-12(14-8-9)10-3-5-11(13)6-4-10/h3-6,9,12,14H,2,7-8H2,1H3/t9-,12+/m1/s1. The zero-order chi connectivity index (χ0) is 9.97. The number of rotatable bonds is 1. The van der Waals surface area contributed by atoms with E-state index in [9.17, 15) is 0 Å². The maximum Gasteiger partial charge on any atom is 0.0406 e. The van der Waals surface area contributed by atoms with Gasteiger partial charge in [0.1, 0.15) is 0 Å². The Morgan fingerprint density at radius 2 is 1.93 bits per heavy atom. The highest BCUT2D eigenvalue weighted by molar-refractivity contribution is 6.30. The fraction of sp³-hybridized carbons (Fsp3) is 0.500. The first-order chi connectivity index (χ1) is 6.75. The number of piperidine rings is 1. The summed E-state index contributed by atoms with van der Waals surface area (Å²) in [7, 11) is 0. The molecule has 1 nitrogen and oxygen atoms in total. The second-order valence-electron chi connectivity index (χ2n) is 4.19. The van der Waals surface area contributed by atoms with Crippen molar-refractivity contribution in [1.29, 1.82) is 0 Å². The van der Waals surface area contributed by atoms with Crippen LogP contribution in [-0.4, -0.2) is 6.54 Å². The number of benzene rings is 1. The van der Waals surface area contributed by atoms with Gasteiger partial charge in [-0.1, -0.05) is 30.7 Å². The lowest BCUT2D eigenvalue weighted by Gasteiger charge is -2.28. The zero-order valence-electron chi connectivity index (χ0n) is 8.46. The molecule has 0 aliphatic carbocycles.